The van der Waals surface area contributed by atoms with Gasteiger partial charge in [-0.2, -0.15) is 0 Å². The highest BCUT2D eigenvalue weighted by atomic mass is 32.3. The molecule has 0 bridgehead atoms. The zero-order valence-corrected chi connectivity index (χ0v) is 20.4. The predicted octanol–water partition coefficient (Wildman–Crippen LogP) is 6.04. The molecular formula is C20H36O3S2Si. The van der Waals surface area contributed by atoms with Crippen LogP contribution in [0.15, 0.2) is 29.2 Å². The van der Waals surface area contributed by atoms with E-state index >= 15 is 0 Å². The summed E-state index contributed by atoms with van der Waals surface area (Å²) in [6.45, 7) is 17.3. The second-order valence-electron chi connectivity index (χ2n) is 8.26. The molecule has 1 unspecified atom stereocenters. The quantitative estimate of drug-likeness (QED) is 0.460. The number of hydrogen-bond donors (Lipinski definition) is 0. The summed E-state index contributed by atoms with van der Waals surface area (Å²) in [6.07, 6.45) is 1.86. The molecule has 0 spiro atoms. The Kier molecular flexibility index (Phi) is 8.03. The third-order valence-electron chi connectivity index (χ3n) is 5.62. The Morgan fingerprint density at radius 3 is 1.77 bits per heavy atom. The maximum atomic E-state index is 13.3. The molecule has 3 nitrogen and oxygen atoms in total. The van der Waals surface area contributed by atoms with Crippen molar-refractivity contribution in [2.45, 2.75) is 81.0 Å². The SMILES string of the molecule is CSC(C)(CO[Si](C(C)C)(C(C)C)C(C)C)S(=O)(=O)c1ccc(C)cc1. The molecular weight excluding hydrogens is 380 g/mol. The molecule has 0 radical (unpaired) electrons. The van der Waals surface area contributed by atoms with Gasteiger partial charge in [-0.1, -0.05) is 59.2 Å². The summed E-state index contributed by atoms with van der Waals surface area (Å²) >= 11 is 1.36. The van der Waals surface area contributed by atoms with Crippen molar-refractivity contribution in [3.63, 3.8) is 0 Å². The van der Waals surface area contributed by atoms with Crippen LogP contribution in [0, 0.1) is 6.92 Å². The van der Waals surface area contributed by atoms with E-state index in [2.05, 4.69) is 41.5 Å². The van der Waals surface area contributed by atoms with E-state index in [1.54, 1.807) is 19.1 Å². The number of benzene rings is 1. The van der Waals surface area contributed by atoms with E-state index < -0.39 is 22.2 Å². The summed E-state index contributed by atoms with van der Waals surface area (Å²) < 4.78 is 32.3. The van der Waals surface area contributed by atoms with E-state index in [0.29, 0.717) is 21.5 Å². The second-order valence-corrected chi connectivity index (χ2v) is 17.7. The van der Waals surface area contributed by atoms with Gasteiger partial charge in [0.2, 0.25) is 0 Å². The van der Waals surface area contributed by atoms with Crippen LogP contribution in [0.3, 0.4) is 0 Å². The van der Waals surface area contributed by atoms with Gasteiger partial charge in [0, 0.05) is 0 Å². The van der Waals surface area contributed by atoms with Gasteiger partial charge >= 0.3 is 0 Å². The zero-order chi connectivity index (χ0) is 20.3. The van der Waals surface area contributed by atoms with E-state index in [9.17, 15) is 8.42 Å². The maximum Gasteiger partial charge on any atom is 0.200 e. The molecule has 0 aromatic heterocycles. The normalized spacial score (nSPS) is 15.7. The molecule has 0 aliphatic heterocycles. The van der Waals surface area contributed by atoms with E-state index in [4.69, 9.17) is 4.43 Å². The van der Waals surface area contributed by atoms with Crippen molar-refractivity contribution < 1.29 is 12.8 Å². The molecule has 26 heavy (non-hydrogen) atoms. The fourth-order valence-corrected chi connectivity index (χ4v) is 12.3. The lowest BCUT2D eigenvalue weighted by Gasteiger charge is -2.44. The van der Waals surface area contributed by atoms with Crippen molar-refractivity contribution in [1.82, 2.24) is 0 Å². The molecule has 0 aliphatic carbocycles. The van der Waals surface area contributed by atoms with Gasteiger partial charge in [-0.3, -0.25) is 0 Å². The number of thioether (sulfide) groups is 1. The van der Waals surface area contributed by atoms with Crippen LogP contribution in [0.1, 0.15) is 54.0 Å². The Hall–Kier alpha value is -0.303. The Morgan fingerprint density at radius 1 is 1.00 bits per heavy atom. The monoisotopic (exact) mass is 416 g/mol. The Balaban J connectivity index is 3.26. The van der Waals surface area contributed by atoms with Crippen molar-refractivity contribution in [1.29, 1.82) is 0 Å². The van der Waals surface area contributed by atoms with Gasteiger partial charge in [-0.25, -0.2) is 8.42 Å². The summed E-state index contributed by atoms with van der Waals surface area (Å²) in [5.74, 6) is 0. The molecule has 0 saturated carbocycles. The van der Waals surface area contributed by atoms with Gasteiger partial charge < -0.3 is 4.43 Å². The van der Waals surface area contributed by atoms with Crippen LogP contribution in [0.4, 0.5) is 0 Å². The fourth-order valence-electron chi connectivity index (χ4n) is 3.97. The van der Waals surface area contributed by atoms with Crippen LogP contribution in [-0.2, 0) is 14.3 Å². The van der Waals surface area contributed by atoms with E-state index in [-0.39, 0.29) is 6.61 Å². The number of hydrogen-bond acceptors (Lipinski definition) is 4. The minimum Gasteiger partial charge on any atom is -0.414 e. The van der Waals surface area contributed by atoms with E-state index in [1.807, 2.05) is 25.3 Å². The average molecular weight is 417 g/mol. The number of rotatable bonds is 9. The minimum atomic E-state index is -3.51. The standard InChI is InChI=1S/C20H36O3S2Si/c1-15(2)26(16(3)4,17(5)6)23-14-20(8,24-9)25(21,22)19-12-10-18(7)11-13-19/h10-13,15-17H,14H2,1-9H3. The molecule has 1 aromatic rings. The smallest absolute Gasteiger partial charge is 0.200 e. The molecule has 1 rings (SSSR count). The van der Waals surface area contributed by atoms with Gasteiger partial charge in [0.15, 0.2) is 18.2 Å². The van der Waals surface area contributed by atoms with E-state index in [1.165, 1.54) is 11.8 Å². The first-order valence-corrected chi connectivity index (χ1v) is 14.2. The molecule has 6 heteroatoms. The molecule has 0 fully saturated rings. The van der Waals surface area contributed by atoms with Crippen LogP contribution in [0.5, 0.6) is 0 Å². The summed E-state index contributed by atoms with van der Waals surface area (Å²) in [4.78, 5) is 0.370. The first kappa shape index (κ1) is 23.7. The van der Waals surface area contributed by atoms with Gasteiger partial charge in [0.05, 0.1) is 11.5 Å². The second kappa shape index (κ2) is 8.80. The molecule has 0 N–H and O–H groups in total. The number of aryl methyl sites for hydroxylation is 1. The average Bonchev–Trinajstić information content (AvgIpc) is 2.54. The molecule has 1 atom stereocenters. The van der Waals surface area contributed by atoms with Crippen LogP contribution in [-0.4, -0.2) is 33.7 Å². The van der Waals surface area contributed by atoms with Gasteiger partial charge in [-0.05, 0) is 48.9 Å². The molecule has 0 saturated heterocycles. The zero-order valence-electron chi connectivity index (χ0n) is 17.8. The lowest BCUT2D eigenvalue weighted by atomic mass is 10.2. The Bertz CT molecular complexity index is 660. The van der Waals surface area contributed by atoms with Gasteiger partial charge in [-0.15, -0.1) is 11.8 Å². The van der Waals surface area contributed by atoms with Crippen LogP contribution < -0.4 is 0 Å². The molecule has 1 aromatic carbocycles. The molecule has 0 heterocycles. The topological polar surface area (TPSA) is 43.4 Å². The number of sulfone groups is 1. The lowest BCUT2D eigenvalue weighted by molar-refractivity contribution is 0.270. The van der Waals surface area contributed by atoms with Crippen molar-refractivity contribution in [2.75, 3.05) is 12.9 Å². The first-order chi connectivity index (χ1) is 11.8. The summed E-state index contributed by atoms with van der Waals surface area (Å²) in [7, 11) is -5.63. The van der Waals surface area contributed by atoms with Crippen molar-refractivity contribution in [3.8, 4) is 0 Å². The van der Waals surface area contributed by atoms with Gasteiger partial charge in [0.1, 0.15) is 4.08 Å². The maximum absolute atomic E-state index is 13.3. The summed E-state index contributed by atoms with van der Waals surface area (Å²) in [6, 6.07) is 7.11. The highest BCUT2D eigenvalue weighted by Crippen LogP contribution is 2.44. The summed E-state index contributed by atoms with van der Waals surface area (Å²) in [5.41, 5.74) is 2.33. The van der Waals surface area contributed by atoms with Crippen LogP contribution in [0.25, 0.3) is 0 Å². The lowest BCUT2D eigenvalue weighted by Crippen LogP contribution is -2.51. The largest absolute Gasteiger partial charge is 0.414 e. The van der Waals surface area contributed by atoms with Crippen molar-refractivity contribution in [2.24, 2.45) is 0 Å². The first-order valence-electron chi connectivity index (χ1n) is 9.35. The fraction of sp³-hybridized carbons (Fsp3) is 0.700. The van der Waals surface area contributed by atoms with Gasteiger partial charge in [0.25, 0.3) is 0 Å². The van der Waals surface area contributed by atoms with Crippen molar-refractivity contribution >= 4 is 29.9 Å². The predicted molar refractivity (Wildman–Crippen MR) is 117 cm³/mol. The molecule has 0 aliphatic rings. The van der Waals surface area contributed by atoms with Crippen LogP contribution >= 0.6 is 11.8 Å². The minimum absolute atomic E-state index is 0.227. The third-order valence-corrected chi connectivity index (χ3v) is 16.0. The Labute approximate surface area is 166 Å². The summed E-state index contributed by atoms with van der Waals surface area (Å²) in [5, 5.41) is 0. The molecule has 0 amide bonds. The van der Waals surface area contributed by atoms with Crippen LogP contribution in [0.2, 0.25) is 16.6 Å². The Morgan fingerprint density at radius 2 is 1.42 bits per heavy atom. The highest BCUT2D eigenvalue weighted by molar-refractivity contribution is 8.14. The van der Waals surface area contributed by atoms with Crippen molar-refractivity contribution in [3.05, 3.63) is 29.8 Å². The third kappa shape index (κ3) is 4.40. The van der Waals surface area contributed by atoms with E-state index in [0.717, 1.165) is 5.56 Å². The highest BCUT2D eigenvalue weighted by Gasteiger charge is 2.48. The molecule has 150 valence electrons.